The number of ether oxygens (including phenoxy) is 3. The van der Waals surface area contributed by atoms with Crippen LogP contribution in [0.1, 0.15) is 15.9 Å². The number of anilines is 1. The minimum Gasteiger partial charge on any atom is -0.497 e. The second-order valence-electron chi connectivity index (χ2n) is 6.66. The third-order valence-electron chi connectivity index (χ3n) is 4.41. The normalized spacial score (nSPS) is 10.5. The number of nitrogens with zero attached hydrogens (tertiary/aromatic N) is 1. The summed E-state index contributed by atoms with van der Waals surface area (Å²) in [5.41, 5.74) is 3.54. The van der Waals surface area contributed by atoms with Crippen molar-refractivity contribution in [1.82, 2.24) is 5.43 Å². The molecule has 2 N–H and O–H groups in total. The first-order valence-corrected chi connectivity index (χ1v) is 9.83. The van der Waals surface area contributed by atoms with Gasteiger partial charge in [0.05, 0.1) is 26.1 Å². The lowest BCUT2D eigenvalue weighted by atomic mass is 10.2. The van der Waals surface area contributed by atoms with E-state index in [0.717, 1.165) is 0 Å². The van der Waals surface area contributed by atoms with Gasteiger partial charge in [0.2, 0.25) is 0 Å². The maximum absolute atomic E-state index is 13.6. The van der Waals surface area contributed by atoms with Gasteiger partial charge in [0.1, 0.15) is 11.6 Å². The van der Waals surface area contributed by atoms with Gasteiger partial charge in [-0.05, 0) is 54.1 Å². The molecule has 0 spiro atoms. The van der Waals surface area contributed by atoms with E-state index in [9.17, 15) is 14.0 Å². The maximum Gasteiger partial charge on any atom is 0.271 e. The molecule has 0 aliphatic rings. The van der Waals surface area contributed by atoms with E-state index in [4.69, 9.17) is 14.2 Å². The van der Waals surface area contributed by atoms with E-state index in [2.05, 4.69) is 15.8 Å². The van der Waals surface area contributed by atoms with Crippen molar-refractivity contribution in [3.8, 4) is 17.2 Å². The van der Waals surface area contributed by atoms with Crippen molar-refractivity contribution in [3.05, 3.63) is 83.7 Å². The van der Waals surface area contributed by atoms with Crippen molar-refractivity contribution in [1.29, 1.82) is 0 Å². The smallest absolute Gasteiger partial charge is 0.271 e. The molecule has 3 aromatic rings. The molecular formula is C24H22FN3O5. The molecule has 0 saturated carbocycles. The Morgan fingerprint density at radius 3 is 2.55 bits per heavy atom. The average molecular weight is 451 g/mol. The van der Waals surface area contributed by atoms with Gasteiger partial charge in [-0.3, -0.25) is 9.59 Å². The highest BCUT2D eigenvalue weighted by Crippen LogP contribution is 2.27. The van der Waals surface area contributed by atoms with E-state index < -0.39 is 17.6 Å². The fourth-order valence-corrected chi connectivity index (χ4v) is 2.77. The highest BCUT2D eigenvalue weighted by molar-refractivity contribution is 5.95. The van der Waals surface area contributed by atoms with E-state index >= 15 is 0 Å². The number of rotatable bonds is 9. The molecule has 0 aromatic heterocycles. The lowest BCUT2D eigenvalue weighted by Crippen LogP contribution is -2.21. The molecule has 0 heterocycles. The van der Waals surface area contributed by atoms with Crippen LogP contribution in [0.25, 0.3) is 0 Å². The highest BCUT2D eigenvalue weighted by Gasteiger charge is 2.11. The third-order valence-corrected chi connectivity index (χ3v) is 4.41. The Kier molecular flexibility index (Phi) is 7.96. The maximum atomic E-state index is 13.6. The number of methoxy groups -OCH3 is 2. The molecule has 170 valence electrons. The van der Waals surface area contributed by atoms with Crippen molar-refractivity contribution in [2.45, 2.75) is 0 Å². The molecular weight excluding hydrogens is 429 g/mol. The summed E-state index contributed by atoms with van der Waals surface area (Å²) in [6.07, 6.45) is 1.44. The van der Waals surface area contributed by atoms with Crippen LogP contribution in [0.2, 0.25) is 0 Å². The number of benzene rings is 3. The van der Waals surface area contributed by atoms with Crippen LogP contribution in [0, 0.1) is 5.82 Å². The molecule has 8 nitrogen and oxygen atoms in total. The van der Waals surface area contributed by atoms with Crippen molar-refractivity contribution >= 4 is 23.7 Å². The fraction of sp³-hybridized carbons (Fsp3) is 0.125. The first-order chi connectivity index (χ1) is 16.0. The summed E-state index contributed by atoms with van der Waals surface area (Å²) < 4.78 is 29.5. The van der Waals surface area contributed by atoms with Gasteiger partial charge >= 0.3 is 0 Å². The van der Waals surface area contributed by atoms with Crippen LogP contribution in [0.15, 0.2) is 71.8 Å². The monoisotopic (exact) mass is 451 g/mol. The Labute approximate surface area is 190 Å². The largest absolute Gasteiger partial charge is 0.497 e. The molecule has 3 aromatic carbocycles. The van der Waals surface area contributed by atoms with Crippen LogP contribution in [0.5, 0.6) is 17.2 Å². The fourth-order valence-electron chi connectivity index (χ4n) is 2.77. The SMILES string of the molecule is COc1cccc(C(=O)NN=Cc2ccc(OCC(=O)Nc3ccccc3F)c(OC)c2)c1. The van der Waals surface area contributed by atoms with Crippen LogP contribution in [0.3, 0.4) is 0 Å². The van der Waals surface area contributed by atoms with Crippen LogP contribution < -0.4 is 25.0 Å². The van der Waals surface area contributed by atoms with E-state index in [-0.39, 0.29) is 12.3 Å². The lowest BCUT2D eigenvalue weighted by Gasteiger charge is -2.11. The molecule has 0 aliphatic carbocycles. The number of para-hydroxylation sites is 1. The van der Waals surface area contributed by atoms with Gasteiger partial charge in [-0.15, -0.1) is 0 Å². The topological polar surface area (TPSA) is 98.3 Å². The van der Waals surface area contributed by atoms with E-state index in [0.29, 0.717) is 28.4 Å². The Morgan fingerprint density at radius 2 is 1.79 bits per heavy atom. The third kappa shape index (κ3) is 6.54. The summed E-state index contributed by atoms with van der Waals surface area (Å²) in [6.45, 7) is -0.339. The van der Waals surface area contributed by atoms with Gasteiger partial charge in [-0.2, -0.15) is 5.10 Å². The summed E-state index contributed by atoms with van der Waals surface area (Å²) >= 11 is 0. The number of amides is 2. The van der Waals surface area contributed by atoms with Crippen LogP contribution in [-0.4, -0.2) is 38.9 Å². The summed E-state index contributed by atoms with van der Waals surface area (Å²) in [6, 6.07) is 17.4. The number of carbonyl (C=O) groups is 2. The zero-order valence-electron chi connectivity index (χ0n) is 18.0. The number of nitrogens with one attached hydrogen (secondary N) is 2. The van der Waals surface area contributed by atoms with Gasteiger partial charge in [-0.1, -0.05) is 18.2 Å². The summed E-state index contributed by atoms with van der Waals surface area (Å²) in [4.78, 5) is 24.2. The molecule has 0 radical (unpaired) electrons. The number of halogens is 1. The number of hydrogen-bond acceptors (Lipinski definition) is 6. The summed E-state index contributed by atoms with van der Waals surface area (Å²) in [5, 5.41) is 6.39. The van der Waals surface area contributed by atoms with Gasteiger partial charge < -0.3 is 19.5 Å². The van der Waals surface area contributed by atoms with Crippen LogP contribution >= 0.6 is 0 Å². The molecule has 0 fully saturated rings. The van der Waals surface area contributed by atoms with E-state index in [1.807, 2.05) is 0 Å². The molecule has 0 bridgehead atoms. The molecule has 0 unspecified atom stereocenters. The minimum absolute atomic E-state index is 0.0700. The molecule has 3 rings (SSSR count). The van der Waals surface area contributed by atoms with Gasteiger partial charge in [0.25, 0.3) is 11.8 Å². The first-order valence-electron chi connectivity index (χ1n) is 9.83. The molecule has 33 heavy (non-hydrogen) atoms. The quantitative estimate of drug-likeness (QED) is 0.383. The van der Waals surface area contributed by atoms with E-state index in [1.165, 1.54) is 38.6 Å². The Bertz CT molecular complexity index is 1170. The Balaban J connectivity index is 1.58. The lowest BCUT2D eigenvalue weighted by molar-refractivity contribution is -0.118. The molecule has 0 aliphatic heterocycles. The van der Waals surface area contributed by atoms with Gasteiger partial charge in [-0.25, -0.2) is 9.82 Å². The molecule has 0 atom stereocenters. The Morgan fingerprint density at radius 1 is 0.970 bits per heavy atom. The molecule has 2 amide bonds. The van der Waals surface area contributed by atoms with Crippen molar-refractivity contribution in [2.24, 2.45) is 5.10 Å². The second kappa shape index (κ2) is 11.3. The zero-order valence-corrected chi connectivity index (χ0v) is 18.0. The summed E-state index contributed by atoms with van der Waals surface area (Å²) in [5.74, 6) is -0.207. The van der Waals surface area contributed by atoms with Crippen molar-refractivity contribution in [3.63, 3.8) is 0 Å². The number of hydrazone groups is 1. The molecule has 9 heteroatoms. The predicted octanol–water partition coefficient (Wildman–Crippen LogP) is 3.62. The van der Waals surface area contributed by atoms with Gasteiger partial charge in [0.15, 0.2) is 18.1 Å². The molecule has 0 saturated heterocycles. The number of carbonyl (C=O) groups excluding carboxylic acids is 2. The average Bonchev–Trinajstić information content (AvgIpc) is 2.84. The zero-order chi connectivity index (χ0) is 23.6. The Hall–Kier alpha value is -4.40. The van der Waals surface area contributed by atoms with Crippen molar-refractivity contribution < 1.29 is 28.2 Å². The first kappa shape index (κ1) is 23.3. The van der Waals surface area contributed by atoms with Gasteiger partial charge in [0, 0.05) is 5.56 Å². The number of hydrogen-bond donors (Lipinski definition) is 2. The van der Waals surface area contributed by atoms with Crippen LogP contribution in [-0.2, 0) is 4.79 Å². The van der Waals surface area contributed by atoms with E-state index in [1.54, 1.807) is 48.5 Å². The van der Waals surface area contributed by atoms with Crippen LogP contribution in [0.4, 0.5) is 10.1 Å². The highest BCUT2D eigenvalue weighted by atomic mass is 19.1. The minimum atomic E-state index is -0.537. The summed E-state index contributed by atoms with van der Waals surface area (Å²) in [7, 11) is 2.97. The standard InChI is InChI=1S/C24H22FN3O5/c1-31-18-7-5-6-17(13-18)24(30)28-26-14-16-10-11-21(22(12-16)32-2)33-15-23(29)27-20-9-4-3-8-19(20)25/h3-14H,15H2,1-2H3,(H,27,29)(H,28,30). The predicted molar refractivity (Wildman–Crippen MR) is 122 cm³/mol. The van der Waals surface area contributed by atoms with Crippen molar-refractivity contribution in [2.75, 3.05) is 26.1 Å². The second-order valence-corrected chi connectivity index (χ2v) is 6.66.